The zero-order valence-corrected chi connectivity index (χ0v) is 13.3. The van der Waals surface area contributed by atoms with Crippen LogP contribution in [0.2, 0.25) is 6.32 Å². The summed E-state index contributed by atoms with van der Waals surface area (Å²) in [6, 6.07) is 0. The first-order valence-electron chi connectivity index (χ1n) is 6.96. The van der Waals surface area contributed by atoms with Crippen molar-refractivity contribution in [2.75, 3.05) is 7.11 Å². The number of allylic oxidation sites excluding steroid dienone is 3. The number of carbonyl (C=O) groups excluding carboxylic acids is 1. The summed E-state index contributed by atoms with van der Waals surface area (Å²) in [7, 11) is 1.15. The molecule has 0 saturated carbocycles. The van der Waals surface area contributed by atoms with Gasteiger partial charge in [0.1, 0.15) is 0 Å². The lowest BCUT2D eigenvalue weighted by Crippen LogP contribution is -2.41. The Labute approximate surface area is 122 Å². The summed E-state index contributed by atoms with van der Waals surface area (Å²) in [6.45, 7) is 10.2. The molecule has 5 heteroatoms. The van der Waals surface area contributed by atoms with Gasteiger partial charge in [0.15, 0.2) is 0 Å². The molecule has 1 atom stereocenters. The van der Waals surface area contributed by atoms with E-state index in [0.29, 0.717) is 6.32 Å². The second-order valence-electron chi connectivity index (χ2n) is 6.09. The lowest BCUT2D eigenvalue weighted by molar-refractivity contribution is -0.134. The summed E-state index contributed by atoms with van der Waals surface area (Å²) in [5.74, 6) is -0.173. The molecule has 4 nitrogen and oxygen atoms in total. The zero-order valence-electron chi connectivity index (χ0n) is 13.3. The Morgan fingerprint density at radius 2 is 1.75 bits per heavy atom. The van der Waals surface area contributed by atoms with Crippen molar-refractivity contribution >= 4 is 13.1 Å². The first-order valence-corrected chi connectivity index (χ1v) is 6.96. The number of rotatable bonds is 5. The number of ether oxygens (including phenoxy) is 1. The lowest BCUT2D eigenvalue weighted by Gasteiger charge is -2.32. The number of carbonyl (C=O) groups is 1. The van der Waals surface area contributed by atoms with Crippen LogP contribution in [0.3, 0.4) is 0 Å². The molecule has 112 valence electrons. The van der Waals surface area contributed by atoms with E-state index in [1.807, 2.05) is 46.8 Å². The van der Waals surface area contributed by atoms with Gasteiger partial charge in [0.2, 0.25) is 0 Å². The molecule has 1 rings (SSSR count). The third-order valence-corrected chi connectivity index (χ3v) is 3.81. The first-order chi connectivity index (χ1) is 9.18. The largest absolute Gasteiger partial charge is 0.466 e. The fourth-order valence-electron chi connectivity index (χ4n) is 1.83. The van der Waals surface area contributed by atoms with Gasteiger partial charge < -0.3 is 14.0 Å². The van der Waals surface area contributed by atoms with Crippen LogP contribution in [0.25, 0.3) is 0 Å². The molecule has 1 aliphatic rings. The van der Waals surface area contributed by atoms with Crippen molar-refractivity contribution in [2.45, 2.75) is 52.1 Å². The maximum Gasteiger partial charge on any atom is 0.461 e. The van der Waals surface area contributed by atoms with E-state index in [-0.39, 0.29) is 30.2 Å². The molecule has 20 heavy (non-hydrogen) atoms. The number of esters is 1. The normalized spacial score (nSPS) is 22.6. The Hall–Kier alpha value is -1.07. The summed E-state index contributed by atoms with van der Waals surface area (Å²) in [6.07, 6.45) is 7.97. The predicted octanol–water partition coefficient (Wildman–Crippen LogP) is 3.00. The zero-order chi connectivity index (χ0) is 15.4. The van der Waals surface area contributed by atoms with E-state index in [2.05, 4.69) is 4.74 Å². The number of hydrogen-bond acceptors (Lipinski definition) is 4. The van der Waals surface area contributed by atoms with Crippen LogP contribution in [-0.2, 0) is 18.8 Å². The maximum absolute atomic E-state index is 11.0. The van der Waals surface area contributed by atoms with Crippen molar-refractivity contribution in [1.29, 1.82) is 0 Å². The second kappa shape index (κ2) is 6.59. The highest BCUT2D eigenvalue weighted by Crippen LogP contribution is 2.37. The number of methoxy groups -OCH3 is 1. The van der Waals surface area contributed by atoms with E-state index in [0.717, 1.165) is 0 Å². The van der Waals surface area contributed by atoms with Gasteiger partial charge in [0.05, 0.1) is 18.3 Å². The van der Waals surface area contributed by atoms with Gasteiger partial charge in [0, 0.05) is 12.4 Å². The quantitative estimate of drug-likeness (QED) is 0.336. The predicted molar refractivity (Wildman–Crippen MR) is 80.3 cm³/mol. The fourth-order valence-corrected chi connectivity index (χ4v) is 1.83. The average molecular weight is 280 g/mol. The molecule has 0 aromatic rings. The molecular formula is C15H25BO4. The van der Waals surface area contributed by atoms with Crippen LogP contribution in [0.5, 0.6) is 0 Å². The molecule has 1 aliphatic heterocycles. The van der Waals surface area contributed by atoms with Crippen molar-refractivity contribution in [1.82, 2.24) is 0 Å². The first kappa shape index (κ1) is 17.0. The van der Waals surface area contributed by atoms with Crippen molar-refractivity contribution < 1.29 is 18.8 Å². The van der Waals surface area contributed by atoms with E-state index in [1.165, 1.54) is 13.2 Å². The fraction of sp³-hybridized carbons (Fsp3) is 0.667. The minimum Gasteiger partial charge on any atom is -0.466 e. The van der Waals surface area contributed by atoms with E-state index in [1.54, 1.807) is 6.08 Å². The standard InChI is InChI=1S/C15H25BO4/c1-12(9-10-13(17)18-6)8-7-11-16-19-14(2,3)15(4,5)20-16/h7-10,12H,11H2,1-6H3/b8-7-,10-9+. The molecule has 0 spiro atoms. The van der Waals surface area contributed by atoms with Crippen molar-refractivity contribution in [2.24, 2.45) is 5.92 Å². The summed E-state index contributed by atoms with van der Waals surface area (Å²) >= 11 is 0. The lowest BCUT2D eigenvalue weighted by atomic mass is 9.84. The molecule has 0 aromatic heterocycles. The van der Waals surface area contributed by atoms with Crippen LogP contribution in [0.15, 0.2) is 24.3 Å². The molecule has 1 unspecified atom stereocenters. The molecule has 1 heterocycles. The molecule has 0 radical (unpaired) electrons. The average Bonchev–Trinajstić information content (AvgIpc) is 2.54. The monoisotopic (exact) mass is 280 g/mol. The highest BCUT2D eigenvalue weighted by Gasteiger charge is 2.50. The Bertz CT molecular complexity index is 383. The third-order valence-electron chi connectivity index (χ3n) is 3.81. The van der Waals surface area contributed by atoms with E-state index < -0.39 is 0 Å². The van der Waals surface area contributed by atoms with Crippen LogP contribution >= 0.6 is 0 Å². The van der Waals surface area contributed by atoms with Crippen LogP contribution in [0.4, 0.5) is 0 Å². The van der Waals surface area contributed by atoms with Crippen molar-refractivity contribution in [3.05, 3.63) is 24.3 Å². The van der Waals surface area contributed by atoms with Crippen LogP contribution < -0.4 is 0 Å². The smallest absolute Gasteiger partial charge is 0.461 e. The van der Waals surface area contributed by atoms with E-state index in [9.17, 15) is 4.79 Å². The maximum atomic E-state index is 11.0. The molecule has 0 bridgehead atoms. The summed E-state index contributed by atoms with van der Waals surface area (Å²) in [4.78, 5) is 11.0. The Balaban J connectivity index is 2.43. The number of hydrogen-bond donors (Lipinski definition) is 0. The molecule has 0 amide bonds. The van der Waals surface area contributed by atoms with Crippen LogP contribution in [0.1, 0.15) is 34.6 Å². The van der Waals surface area contributed by atoms with Gasteiger partial charge in [-0.15, -0.1) is 0 Å². The van der Waals surface area contributed by atoms with Gasteiger partial charge in [0.25, 0.3) is 0 Å². The third kappa shape index (κ3) is 4.49. The minimum atomic E-state index is -0.337. The molecule has 0 aromatic carbocycles. The Kier molecular flexibility index (Phi) is 5.60. The SMILES string of the molecule is COC(=O)/C=C/C(C)/C=C\CB1OC(C)(C)C(C)(C)O1. The van der Waals surface area contributed by atoms with Gasteiger partial charge in [-0.25, -0.2) is 4.79 Å². The van der Waals surface area contributed by atoms with E-state index in [4.69, 9.17) is 9.31 Å². The molecule has 0 N–H and O–H groups in total. The molecular weight excluding hydrogens is 255 g/mol. The van der Waals surface area contributed by atoms with Gasteiger partial charge in [-0.3, -0.25) is 0 Å². The topological polar surface area (TPSA) is 44.8 Å². The van der Waals surface area contributed by atoms with E-state index >= 15 is 0 Å². The molecule has 0 aliphatic carbocycles. The Morgan fingerprint density at radius 1 is 1.20 bits per heavy atom. The highest BCUT2D eigenvalue weighted by molar-refractivity contribution is 6.46. The molecule has 1 saturated heterocycles. The van der Waals surface area contributed by atoms with Crippen LogP contribution in [0, 0.1) is 5.92 Å². The van der Waals surface area contributed by atoms with Gasteiger partial charge in [-0.1, -0.05) is 25.2 Å². The van der Waals surface area contributed by atoms with Gasteiger partial charge >= 0.3 is 13.1 Å². The van der Waals surface area contributed by atoms with Crippen molar-refractivity contribution in [3.63, 3.8) is 0 Å². The van der Waals surface area contributed by atoms with Gasteiger partial charge in [-0.05, 0) is 33.6 Å². The van der Waals surface area contributed by atoms with Gasteiger partial charge in [-0.2, -0.15) is 0 Å². The minimum absolute atomic E-state index is 0.163. The summed E-state index contributed by atoms with van der Waals surface area (Å²) < 4.78 is 16.3. The highest BCUT2D eigenvalue weighted by atomic mass is 16.7. The molecule has 1 fully saturated rings. The summed E-state index contributed by atoms with van der Waals surface area (Å²) in [5, 5.41) is 0. The van der Waals surface area contributed by atoms with Crippen LogP contribution in [-0.4, -0.2) is 31.4 Å². The second-order valence-corrected chi connectivity index (χ2v) is 6.09. The summed E-state index contributed by atoms with van der Waals surface area (Å²) in [5.41, 5.74) is -0.580. The van der Waals surface area contributed by atoms with Crippen molar-refractivity contribution in [3.8, 4) is 0 Å². The Morgan fingerprint density at radius 3 is 2.25 bits per heavy atom.